The van der Waals surface area contributed by atoms with Gasteiger partial charge in [-0.05, 0) is 47.4 Å². The highest BCUT2D eigenvalue weighted by molar-refractivity contribution is 7.87. The molecule has 1 aliphatic rings. The van der Waals surface area contributed by atoms with Gasteiger partial charge in [0.1, 0.15) is 22.6 Å². The van der Waals surface area contributed by atoms with E-state index in [1.165, 1.54) is 24.3 Å². The van der Waals surface area contributed by atoms with Gasteiger partial charge in [0.15, 0.2) is 0 Å². The lowest BCUT2D eigenvalue weighted by molar-refractivity contribution is -0.274. The number of halogens is 5. The SMILES string of the molecule is O=S(=O)(O)C1CC(c2ccc(-c3ccc(OC(F)(F)F)cc3)cc2)N=C1c1c(F)cccc1F. The maximum Gasteiger partial charge on any atom is 0.573 e. The van der Waals surface area contributed by atoms with Gasteiger partial charge >= 0.3 is 6.36 Å². The van der Waals surface area contributed by atoms with Crippen LogP contribution in [0.3, 0.4) is 0 Å². The van der Waals surface area contributed by atoms with E-state index in [1.807, 2.05) is 0 Å². The van der Waals surface area contributed by atoms with E-state index in [1.54, 1.807) is 24.3 Å². The molecule has 0 amide bonds. The second-order valence-corrected chi connectivity index (χ2v) is 9.16. The molecule has 0 saturated carbocycles. The Kier molecular flexibility index (Phi) is 6.17. The van der Waals surface area contributed by atoms with E-state index in [0.29, 0.717) is 16.7 Å². The molecule has 2 unspecified atom stereocenters. The van der Waals surface area contributed by atoms with Crippen molar-refractivity contribution in [3.05, 3.63) is 89.5 Å². The van der Waals surface area contributed by atoms with Crippen LogP contribution in [0.2, 0.25) is 0 Å². The zero-order valence-corrected chi connectivity index (χ0v) is 17.9. The molecule has 2 atom stereocenters. The van der Waals surface area contributed by atoms with Crippen molar-refractivity contribution in [2.75, 3.05) is 0 Å². The molecule has 0 spiro atoms. The highest BCUT2D eigenvalue weighted by Gasteiger charge is 2.40. The monoisotopic (exact) mass is 497 g/mol. The number of ether oxygens (including phenoxy) is 1. The lowest BCUT2D eigenvalue weighted by Gasteiger charge is -2.12. The van der Waals surface area contributed by atoms with Crippen LogP contribution in [0.25, 0.3) is 11.1 Å². The van der Waals surface area contributed by atoms with Crippen molar-refractivity contribution in [1.82, 2.24) is 0 Å². The van der Waals surface area contributed by atoms with Crippen LogP contribution in [0.5, 0.6) is 5.75 Å². The van der Waals surface area contributed by atoms with Crippen LogP contribution >= 0.6 is 0 Å². The third kappa shape index (κ3) is 5.10. The van der Waals surface area contributed by atoms with Crippen LogP contribution in [-0.4, -0.2) is 30.3 Å². The molecule has 178 valence electrons. The first-order valence-corrected chi connectivity index (χ1v) is 11.4. The number of alkyl halides is 3. The summed E-state index contributed by atoms with van der Waals surface area (Å²) in [6.45, 7) is 0. The minimum absolute atomic E-state index is 0.217. The Morgan fingerprint density at radius 1 is 0.882 bits per heavy atom. The third-order valence-electron chi connectivity index (χ3n) is 5.33. The fourth-order valence-corrected chi connectivity index (χ4v) is 4.69. The van der Waals surface area contributed by atoms with Gasteiger partial charge in [0.05, 0.1) is 17.3 Å². The minimum atomic E-state index is -4.80. The quantitative estimate of drug-likeness (QED) is 0.361. The third-order valence-corrected chi connectivity index (χ3v) is 6.47. The number of aliphatic imine (C=N–C) groups is 1. The first kappa shape index (κ1) is 23.8. The molecule has 34 heavy (non-hydrogen) atoms. The van der Waals surface area contributed by atoms with Gasteiger partial charge in [-0.15, -0.1) is 13.2 Å². The van der Waals surface area contributed by atoms with Crippen molar-refractivity contribution in [2.24, 2.45) is 4.99 Å². The predicted octanol–water partition coefficient (Wildman–Crippen LogP) is 5.72. The van der Waals surface area contributed by atoms with Crippen molar-refractivity contribution < 1.29 is 39.7 Å². The van der Waals surface area contributed by atoms with Gasteiger partial charge in [-0.1, -0.05) is 42.5 Å². The van der Waals surface area contributed by atoms with E-state index in [0.717, 1.165) is 18.2 Å². The van der Waals surface area contributed by atoms with Crippen LogP contribution in [0.4, 0.5) is 22.0 Å². The molecule has 0 fully saturated rings. The average molecular weight is 497 g/mol. The van der Waals surface area contributed by atoms with Crippen molar-refractivity contribution in [3.63, 3.8) is 0 Å². The molecule has 4 rings (SSSR count). The molecule has 5 nitrogen and oxygen atoms in total. The van der Waals surface area contributed by atoms with E-state index in [-0.39, 0.29) is 12.2 Å². The predicted molar refractivity (Wildman–Crippen MR) is 114 cm³/mol. The first-order valence-electron chi connectivity index (χ1n) is 9.87. The number of rotatable bonds is 5. The number of benzene rings is 3. The molecular weight excluding hydrogens is 481 g/mol. The zero-order chi connectivity index (χ0) is 24.7. The van der Waals surface area contributed by atoms with Crippen LogP contribution < -0.4 is 4.74 Å². The molecular formula is C23H16F5NO4S. The molecule has 3 aromatic carbocycles. The Morgan fingerprint density at radius 2 is 1.41 bits per heavy atom. The maximum atomic E-state index is 14.3. The topological polar surface area (TPSA) is 76.0 Å². The standard InChI is InChI=1S/C23H16F5NO4S/c24-17-2-1-3-18(25)21(17)22-20(34(30,31)32)12-19(29-22)15-6-4-13(5-7-15)14-8-10-16(11-9-14)33-23(26,27)28/h1-11,19-20H,12H2,(H,30,31,32). The Labute approximate surface area is 191 Å². The lowest BCUT2D eigenvalue weighted by atomic mass is 9.99. The van der Waals surface area contributed by atoms with Crippen LogP contribution in [0.1, 0.15) is 23.6 Å². The summed E-state index contributed by atoms with van der Waals surface area (Å²) >= 11 is 0. The van der Waals surface area contributed by atoms with E-state index in [2.05, 4.69) is 9.73 Å². The van der Waals surface area contributed by atoms with Gasteiger partial charge in [-0.3, -0.25) is 9.55 Å². The van der Waals surface area contributed by atoms with Crippen LogP contribution in [-0.2, 0) is 10.1 Å². The number of hydrogen-bond acceptors (Lipinski definition) is 4. The molecule has 0 aromatic heterocycles. The van der Waals surface area contributed by atoms with Gasteiger partial charge in [0, 0.05) is 0 Å². The summed E-state index contributed by atoms with van der Waals surface area (Å²) in [6, 6.07) is 14.0. The minimum Gasteiger partial charge on any atom is -0.406 e. The molecule has 0 bridgehead atoms. The van der Waals surface area contributed by atoms with Crippen molar-refractivity contribution >= 4 is 15.8 Å². The van der Waals surface area contributed by atoms with Crippen LogP contribution in [0.15, 0.2) is 71.7 Å². The summed E-state index contributed by atoms with van der Waals surface area (Å²) in [5, 5.41) is -1.61. The van der Waals surface area contributed by atoms with E-state index < -0.39 is 50.7 Å². The molecule has 0 saturated heterocycles. The zero-order valence-electron chi connectivity index (χ0n) is 17.1. The summed E-state index contributed by atoms with van der Waals surface area (Å²) in [7, 11) is -4.70. The summed E-state index contributed by atoms with van der Waals surface area (Å²) < 4.78 is 103. The van der Waals surface area contributed by atoms with Gasteiger partial charge in [0.2, 0.25) is 0 Å². The van der Waals surface area contributed by atoms with Gasteiger partial charge in [-0.25, -0.2) is 8.78 Å². The normalized spacial score (nSPS) is 18.6. The van der Waals surface area contributed by atoms with Gasteiger partial charge in [-0.2, -0.15) is 8.42 Å². The molecule has 3 aromatic rings. The maximum absolute atomic E-state index is 14.3. The smallest absolute Gasteiger partial charge is 0.406 e. The van der Waals surface area contributed by atoms with E-state index >= 15 is 0 Å². The number of nitrogens with zero attached hydrogens (tertiary/aromatic N) is 1. The summed E-state index contributed by atoms with van der Waals surface area (Å²) in [6.07, 6.45) is -5.01. The first-order chi connectivity index (χ1) is 15.9. The fraction of sp³-hybridized carbons (Fsp3) is 0.174. The summed E-state index contributed by atoms with van der Waals surface area (Å²) in [4.78, 5) is 4.22. The highest BCUT2D eigenvalue weighted by Crippen LogP contribution is 2.36. The highest BCUT2D eigenvalue weighted by atomic mass is 32.2. The Morgan fingerprint density at radius 3 is 1.91 bits per heavy atom. The average Bonchev–Trinajstić information content (AvgIpc) is 3.19. The van der Waals surface area contributed by atoms with Crippen molar-refractivity contribution in [2.45, 2.75) is 24.1 Å². The van der Waals surface area contributed by atoms with E-state index in [4.69, 9.17) is 0 Å². The van der Waals surface area contributed by atoms with Gasteiger partial charge in [0.25, 0.3) is 10.1 Å². The Balaban J connectivity index is 1.62. The van der Waals surface area contributed by atoms with Crippen LogP contribution in [0, 0.1) is 11.6 Å². The molecule has 1 heterocycles. The molecule has 1 aliphatic heterocycles. The Bertz CT molecular complexity index is 1320. The molecule has 11 heteroatoms. The second kappa shape index (κ2) is 8.80. The Hall–Kier alpha value is -3.31. The van der Waals surface area contributed by atoms with Crippen molar-refractivity contribution in [1.29, 1.82) is 0 Å². The summed E-state index contributed by atoms with van der Waals surface area (Å²) in [5.41, 5.74) is 0.774. The van der Waals surface area contributed by atoms with Crippen molar-refractivity contribution in [3.8, 4) is 16.9 Å². The second-order valence-electron chi connectivity index (χ2n) is 7.56. The summed E-state index contributed by atoms with van der Waals surface area (Å²) in [5.74, 6) is -2.36. The largest absolute Gasteiger partial charge is 0.573 e. The molecule has 0 aliphatic carbocycles. The van der Waals surface area contributed by atoms with Gasteiger partial charge < -0.3 is 4.74 Å². The fourth-order valence-electron chi connectivity index (χ4n) is 3.81. The number of hydrogen-bond donors (Lipinski definition) is 1. The molecule has 0 radical (unpaired) electrons. The molecule has 1 N–H and O–H groups in total. The lowest BCUT2D eigenvalue weighted by Crippen LogP contribution is -2.29. The van der Waals surface area contributed by atoms with E-state index in [9.17, 15) is 34.9 Å².